The molecule has 1 aromatic carbocycles. The van der Waals surface area contributed by atoms with Crippen LogP contribution in [0.4, 0.5) is 0 Å². The van der Waals surface area contributed by atoms with Crippen LogP contribution in [0.2, 0.25) is 0 Å². The zero-order valence-corrected chi connectivity index (χ0v) is 17.5. The minimum absolute atomic E-state index is 0.0858. The Morgan fingerprint density at radius 2 is 2.03 bits per heavy atom. The molecule has 1 unspecified atom stereocenters. The fourth-order valence-electron chi connectivity index (χ4n) is 3.07. The van der Waals surface area contributed by atoms with Crippen LogP contribution in [0.3, 0.4) is 0 Å². The number of allylic oxidation sites excluding steroid dienone is 2. The van der Waals surface area contributed by atoms with Crippen LogP contribution in [0.1, 0.15) is 27.9 Å². The first-order valence-electron chi connectivity index (χ1n) is 8.95. The van der Waals surface area contributed by atoms with Crippen LogP contribution >= 0.6 is 11.8 Å². The molecule has 0 aliphatic heterocycles. The fourth-order valence-corrected chi connectivity index (χ4v) is 3.46. The maximum Gasteiger partial charge on any atom is 0.305 e. The van der Waals surface area contributed by atoms with E-state index in [1.807, 2.05) is 0 Å². The molecule has 1 atom stereocenters. The van der Waals surface area contributed by atoms with Crippen LogP contribution in [0.15, 0.2) is 49.1 Å². The number of ketones is 1. The SMILES string of the molecule is C=C/C=C/COC1(OC)C=C(C(=O)SC)c2cccc(CCC(=O)OC)c2C1=O. The van der Waals surface area contributed by atoms with Crippen LogP contribution in [0, 0.1) is 0 Å². The van der Waals surface area contributed by atoms with E-state index in [0.717, 1.165) is 11.8 Å². The van der Waals surface area contributed by atoms with Gasteiger partial charge < -0.3 is 14.2 Å². The summed E-state index contributed by atoms with van der Waals surface area (Å²) in [4.78, 5) is 37.7. The molecular weight excluding hydrogens is 392 g/mol. The second-order valence-electron chi connectivity index (χ2n) is 6.14. The summed E-state index contributed by atoms with van der Waals surface area (Å²) in [6.45, 7) is 3.67. The lowest BCUT2D eigenvalue weighted by atomic mass is 9.82. The van der Waals surface area contributed by atoms with E-state index in [1.54, 1.807) is 42.7 Å². The molecule has 1 aliphatic carbocycles. The van der Waals surface area contributed by atoms with Crippen LogP contribution in [-0.2, 0) is 30.2 Å². The molecule has 1 aromatic rings. The highest BCUT2D eigenvalue weighted by atomic mass is 32.2. The molecule has 154 valence electrons. The van der Waals surface area contributed by atoms with Gasteiger partial charge in [0, 0.05) is 24.7 Å². The highest BCUT2D eigenvalue weighted by Crippen LogP contribution is 2.38. The van der Waals surface area contributed by atoms with Gasteiger partial charge in [-0.3, -0.25) is 14.4 Å². The van der Waals surface area contributed by atoms with E-state index >= 15 is 0 Å². The van der Waals surface area contributed by atoms with E-state index in [0.29, 0.717) is 28.7 Å². The number of hydrogen-bond acceptors (Lipinski definition) is 7. The van der Waals surface area contributed by atoms with E-state index in [1.165, 1.54) is 20.3 Å². The number of methoxy groups -OCH3 is 2. The van der Waals surface area contributed by atoms with E-state index in [9.17, 15) is 14.4 Å². The average molecular weight is 416 g/mol. The van der Waals surface area contributed by atoms with Crippen molar-refractivity contribution in [2.24, 2.45) is 0 Å². The van der Waals surface area contributed by atoms with Crippen molar-refractivity contribution in [1.82, 2.24) is 0 Å². The summed E-state index contributed by atoms with van der Waals surface area (Å²) >= 11 is 1.04. The molecule has 0 heterocycles. The van der Waals surface area contributed by atoms with Gasteiger partial charge in [0.05, 0.1) is 13.7 Å². The average Bonchev–Trinajstić information content (AvgIpc) is 2.75. The quantitative estimate of drug-likeness (QED) is 0.347. The molecule has 0 aromatic heterocycles. The minimum atomic E-state index is -1.74. The van der Waals surface area contributed by atoms with Gasteiger partial charge in [0.1, 0.15) is 0 Å². The number of rotatable bonds is 9. The smallest absolute Gasteiger partial charge is 0.305 e. The summed E-state index contributed by atoms with van der Waals surface area (Å²) in [7, 11) is 2.67. The number of esters is 1. The molecule has 29 heavy (non-hydrogen) atoms. The third-order valence-corrected chi connectivity index (χ3v) is 5.11. The highest BCUT2D eigenvalue weighted by molar-refractivity contribution is 8.14. The van der Waals surface area contributed by atoms with Crippen LogP contribution in [0.25, 0.3) is 5.57 Å². The zero-order valence-electron chi connectivity index (χ0n) is 16.7. The Bertz CT molecular complexity index is 870. The number of fused-ring (bicyclic) bond motifs is 1. The maximum atomic E-state index is 13.5. The van der Waals surface area contributed by atoms with Crippen LogP contribution < -0.4 is 0 Å². The molecule has 0 spiro atoms. The lowest BCUT2D eigenvalue weighted by Gasteiger charge is -2.33. The topological polar surface area (TPSA) is 78.9 Å². The Kier molecular flexibility index (Phi) is 8.13. The van der Waals surface area contributed by atoms with Gasteiger partial charge in [0.2, 0.25) is 10.9 Å². The maximum absolute atomic E-state index is 13.5. The number of ether oxygens (including phenoxy) is 3. The first-order chi connectivity index (χ1) is 13.9. The fraction of sp³-hybridized carbons (Fsp3) is 0.318. The predicted molar refractivity (Wildman–Crippen MR) is 113 cm³/mol. The zero-order chi connectivity index (χ0) is 21.4. The number of Topliss-reactive ketones (excluding diaryl/α,β-unsaturated/α-hetero) is 1. The number of carbonyl (C=O) groups is 3. The van der Waals surface area contributed by atoms with Gasteiger partial charge in [0.25, 0.3) is 5.79 Å². The number of benzene rings is 1. The Morgan fingerprint density at radius 1 is 1.28 bits per heavy atom. The molecule has 0 bridgehead atoms. The molecule has 0 saturated heterocycles. The van der Waals surface area contributed by atoms with Gasteiger partial charge in [-0.1, -0.05) is 54.8 Å². The molecule has 0 saturated carbocycles. The second kappa shape index (κ2) is 10.3. The summed E-state index contributed by atoms with van der Waals surface area (Å²) in [5.74, 6) is -2.54. The van der Waals surface area contributed by atoms with E-state index in [-0.39, 0.29) is 24.1 Å². The van der Waals surface area contributed by atoms with Crippen molar-refractivity contribution in [3.05, 3.63) is 65.8 Å². The second-order valence-corrected chi connectivity index (χ2v) is 6.92. The molecule has 6 nitrogen and oxygen atoms in total. The van der Waals surface area contributed by atoms with E-state index in [2.05, 4.69) is 6.58 Å². The highest BCUT2D eigenvalue weighted by Gasteiger charge is 2.45. The van der Waals surface area contributed by atoms with Crippen molar-refractivity contribution in [2.45, 2.75) is 18.6 Å². The molecule has 0 radical (unpaired) electrons. The van der Waals surface area contributed by atoms with Crippen molar-refractivity contribution in [3.63, 3.8) is 0 Å². The molecule has 1 aliphatic rings. The Morgan fingerprint density at radius 3 is 2.66 bits per heavy atom. The Balaban J connectivity index is 2.57. The van der Waals surface area contributed by atoms with Crippen molar-refractivity contribution in [3.8, 4) is 0 Å². The lowest BCUT2D eigenvalue weighted by molar-refractivity contribution is -0.146. The number of thioether (sulfide) groups is 1. The van der Waals surface area contributed by atoms with Gasteiger partial charge in [-0.25, -0.2) is 0 Å². The lowest BCUT2D eigenvalue weighted by Crippen LogP contribution is -2.45. The normalized spacial score (nSPS) is 18.3. The third-order valence-electron chi connectivity index (χ3n) is 4.52. The number of hydrogen-bond donors (Lipinski definition) is 0. The Labute approximate surface area is 174 Å². The monoisotopic (exact) mass is 416 g/mol. The van der Waals surface area contributed by atoms with Gasteiger partial charge in [-0.2, -0.15) is 0 Å². The van der Waals surface area contributed by atoms with Crippen molar-refractivity contribution >= 4 is 34.2 Å². The number of aryl methyl sites for hydroxylation is 1. The molecule has 0 N–H and O–H groups in total. The summed E-state index contributed by atoms with van der Waals surface area (Å²) in [5, 5.41) is -0.212. The molecule has 7 heteroatoms. The van der Waals surface area contributed by atoms with Crippen molar-refractivity contribution in [2.75, 3.05) is 27.1 Å². The standard InChI is InChI=1S/C22H24O6S/c1-5-6-7-13-28-22(27-3)14-17(21(25)29-4)16-10-8-9-15(19(16)20(22)24)11-12-18(23)26-2/h5-10,14H,1,11-13H2,2-4H3/b7-6+. The molecular formula is C22H24O6S. The van der Waals surface area contributed by atoms with E-state index in [4.69, 9.17) is 14.2 Å². The summed E-state index contributed by atoms with van der Waals surface area (Å²) in [6.07, 6.45) is 8.46. The van der Waals surface area contributed by atoms with Crippen LogP contribution in [0.5, 0.6) is 0 Å². The van der Waals surface area contributed by atoms with Gasteiger partial charge in [0.15, 0.2) is 0 Å². The molecule has 0 amide bonds. The third kappa shape index (κ3) is 4.93. The van der Waals surface area contributed by atoms with E-state index < -0.39 is 11.6 Å². The van der Waals surface area contributed by atoms with Crippen molar-refractivity contribution < 1.29 is 28.6 Å². The Hall–Kier alpha value is -2.48. The first-order valence-corrected chi connectivity index (χ1v) is 10.2. The van der Waals surface area contributed by atoms with Gasteiger partial charge >= 0.3 is 5.97 Å². The predicted octanol–water partition coefficient (Wildman–Crippen LogP) is 3.36. The van der Waals surface area contributed by atoms with Gasteiger partial charge in [-0.15, -0.1) is 0 Å². The van der Waals surface area contributed by atoms with Crippen LogP contribution in [-0.4, -0.2) is 49.7 Å². The summed E-state index contributed by atoms with van der Waals surface area (Å²) in [5.41, 5.74) is 1.80. The van der Waals surface area contributed by atoms with Crippen molar-refractivity contribution in [1.29, 1.82) is 0 Å². The largest absolute Gasteiger partial charge is 0.469 e. The minimum Gasteiger partial charge on any atom is -0.469 e. The molecule has 2 rings (SSSR count). The number of carbonyl (C=O) groups excluding carboxylic acids is 3. The summed E-state index contributed by atoms with van der Waals surface area (Å²) in [6, 6.07) is 5.23. The van der Waals surface area contributed by atoms with Gasteiger partial charge in [-0.05, 0) is 29.9 Å². The molecule has 0 fully saturated rings. The first kappa shape index (κ1) is 22.8. The summed E-state index contributed by atoms with van der Waals surface area (Å²) < 4.78 is 16.0.